The summed E-state index contributed by atoms with van der Waals surface area (Å²) in [5, 5.41) is 4.18. The number of imidazole rings is 1. The number of nitrogens with zero attached hydrogens (tertiary/aromatic N) is 5. The number of aromatic nitrogens is 4. The summed E-state index contributed by atoms with van der Waals surface area (Å²) in [4.78, 5) is 9.38. The van der Waals surface area contributed by atoms with E-state index in [0.717, 1.165) is 47.0 Å². The average Bonchev–Trinajstić information content (AvgIpc) is 3.57. The van der Waals surface area contributed by atoms with E-state index in [9.17, 15) is 8.42 Å². The van der Waals surface area contributed by atoms with Crippen molar-refractivity contribution in [1.82, 2.24) is 24.0 Å². The van der Waals surface area contributed by atoms with Gasteiger partial charge in [-0.1, -0.05) is 54.0 Å². The summed E-state index contributed by atoms with van der Waals surface area (Å²) in [6, 6.07) is 23.1. The molecule has 5 aromatic rings. The van der Waals surface area contributed by atoms with E-state index in [1.165, 1.54) is 0 Å². The van der Waals surface area contributed by atoms with E-state index >= 15 is 0 Å². The zero-order valence-electron chi connectivity index (χ0n) is 20.3. The molecule has 1 saturated heterocycles. The van der Waals surface area contributed by atoms with Crippen LogP contribution in [0.25, 0.3) is 22.4 Å². The standard InChI is InChI=1S/C28H27N5O3S/c34-37(35,33-15-4-1-5-16-33)24-13-11-21(12-14-24)18-27-30-28(31-36-27)23-8-6-7-22(17-23)19-32-20-29-25-9-2-3-10-26(25)32/h2-3,6-14,17,20H,1,4-5,15-16,18-19H2. The molecule has 0 saturated carbocycles. The highest BCUT2D eigenvalue weighted by Crippen LogP contribution is 2.23. The number of hydrogen-bond donors (Lipinski definition) is 0. The monoisotopic (exact) mass is 513 g/mol. The first-order valence-corrected chi connectivity index (χ1v) is 13.9. The molecule has 1 aliphatic heterocycles. The van der Waals surface area contributed by atoms with E-state index in [1.54, 1.807) is 16.4 Å². The topological polar surface area (TPSA) is 94.1 Å². The Labute approximate surface area is 215 Å². The van der Waals surface area contributed by atoms with Crippen LogP contribution in [-0.2, 0) is 23.0 Å². The maximum Gasteiger partial charge on any atom is 0.243 e. The number of piperidine rings is 1. The minimum atomic E-state index is -3.44. The van der Waals surface area contributed by atoms with Gasteiger partial charge in [-0.15, -0.1) is 0 Å². The average molecular weight is 514 g/mol. The van der Waals surface area contributed by atoms with E-state index in [-0.39, 0.29) is 0 Å². The molecule has 188 valence electrons. The Morgan fingerprint density at radius 3 is 2.51 bits per heavy atom. The largest absolute Gasteiger partial charge is 0.339 e. The molecule has 3 aromatic carbocycles. The van der Waals surface area contributed by atoms with Crippen LogP contribution in [0, 0.1) is 0 Å². The number of rotatable bonds is 7. The Morgan fingerprint density at radius 2 is 1.68 bits per heavy atom. The SMILES string of the molecule is O=S(=O)(c1ccc(Cc2nc(-c3cccc(Cn4cnc5ccccc54)c3)no2)cc1)N1CCCCC1. The van der Waals surface area contributed by atoms with Gasteiger partial charge in [-0.25, -0.2) is 13.4 Å². The Bertz CT molecular complexity index is 1630. The summed E-state index contributed by atoms with van der Waals surface area (Å²) in [5.41, 5.74) is 4.95. The van der Waals surface area contributed by atoms with Crippen LogP contribution >= 0.6 is 0 Å². The predicted octanol–water partition coefficient (Wildman–Crippen LogP) is 4.90. The summed E-state index contributed by atoms with van der Waals surface area (Å²) in [7, 11) is -3.44. The van der Waals surface area contributed by atoms with Crippen LogP contribution in [0.2, 0.25) is 0 Å². The summed E-state index contributed by atoms with van der Waals surface area (Å²) >= 11 is 0. The van der Waals surface area contributed by atoms with E-state index in [2.05, 4.69) is 37.9 Å². The molecule has 0 aliphatic carbocycles. The van der Waals surface area contributed by atoms with Crippen molar-refractivity contribution >= 4 is 21.1 Å². The normalized spacial score (nSPS) is 14.8. The highest BCUT2D eigenvalue weighted by Gasteiger charge is 2.25. The third-order valence-electron chi connectivity index (χ3n) is 6.77. The van der Waals surface area contributed by atoms with Crippen molar-refractivity contribution in [2.45, 2.75) is 37.1 Å². The van der Waals surface area contributed by atoms with Gasteiger partial charge >= 0.3 is 0 Å². The van der Waals surface area contributed by atoms with Crippen molar-refractivity contribution in [3.8, 4) is 11.4 Å². The molecule has 0 radical (unpaired) electrons. The second-order valence-electron chi connectivity index (χ2n) is 9.36. The van der Waals surface area contributed by atoms with Crippen molar-refractivity contribution in [3.05, 3.63) is 96.1 Å². The van der Waals surface area contributed by atoms with Crippen LogP contribution in [0.4, 0.5) is 0 Å². The molecule has 0 N–H and O–H groups in total. The van der Waals surface area contributed by atoms with Gasteiger partial charge in [0.1, 0.15) is 0 Å². The van der Waals surface area contributed by atoms with E-state index < -0.39 is 10.0 Å². The minimum Gasteiger partial charge on any atom is -0.339 e. The number of benzene rings is 3. The molecule has 37 heavy (non-hydrogen) atoms. The van der Waals surface area contributed by atoms with Crippen molar-refractivity contribution < 1.29 is 12.9 Å². The van der Waals surface area contributed by atoms with E-state index in [4.69, 9.17) is 4.52 Å². The van der Waals surface area contributed by atoms with Crippen molar-refractivity contribution in [1.29, 1.82) is 0 Å². The lowest BCUT2D eigenvalue weighted by molar-refractivity contribution is 0.346. The molecule has 1 aliphatic rings. The maximum absolute atomic E-state index is 12.9. The van der Waals surface area contributed by atoms with Gasteiger partial charge in [0.2, 0.25) is 21.7 Å². The van der Waals surface area contributed by atoms with Crippen LogP contribution in [0.15, 0.2) is 88.5 Å². The van der Waals surface area contributed by atoms with Gasteiger partial charge in [0.05, 0.1) is 28.7 Å². The Kier molecular flexibility index (Phi) is 6.31. The molecule has 9 heteroatoms. The van der Waals surface area contributed by atoms with Crippen molar-refractivity contribution in [2.75, 3.05) is 13.1 Å². The lowest BCUT2D eigenvalue weighted by Crippen LogP contribution is -2.35. The summed E-state index contributed by atoms with van der Waals surface area (Å²) in [6.07, 6.45) is 5.20. The van der Waals surface area contributed by atoms with E-state index in [0.29, 0.717) is 42.7 Å². The fourth-order valence-electron chi connectivity index (χ4n) is 4.79. The van der Waals surface area contributed by atoms with Gasteiger partial charge in [0.25, 0.3) is 0 Å². The van der Waals surface area contributed by atoms with Gasteiger partial charge in [-0.2, -0.15) is 9.29 Å². The first-order valence-electron chi connectivity index (χ1n) is 12.5. The third-order valence-corrected chi connectivity index (χ3v) is 8.68. The lowest BCUT2D eigenvalue weighted by atomic mass is 10.1. The number of fused-ring (bicyclic) bond motifs is 1. The molecule has 3 heterocycles. The van der Waals surface area contributed by atoms with Gasteiger partial charge in [-0.3, -0.25) is 0 Å². The molecule has 0 amide bonds. The number of para-hydroxylation sites is 2. The first kappa shape index (κ1) is 23.6. The smallest absolute Gasteiger partial charge is 0.243 e. The van der Waals surface area contributed by atoms with Crippen LogP contribution in [0.5, 0.6) is 0 Å². The minimum absolute atomic E-state index is 0.326. The van der Waals surface area contributed by atoms with Crippen LogP contribution < -0.4 is 0 Å². The Balaban J connectivity index is 1.15. The maximum atomic E-state index is 12.9. The molecule has 0 bridgehead atoms. The summed E-state index contributed by atoms with van der Waals surface area (Å²) in [5.74, 6) is 1.00. The highest BCUT2D eigenvalue weighted by atomic mass is 32.2. The predicted molar refractivity (Wildman–Crippen MR) is 140 cm³/mol. The zero-order valence-corrected chi connectivity index (χ0v) is 21.1. The highest BCUT2D eigenvalue weighted by molar-refractivity contribution is 7.89. The molecular weight excluding hydrogens is 486 g/mol. The molecule has 0 spiro atoms. The third kappa shape index (κ3) is 4.92. The number of sulfonamides is 1. The number of hydrogen-bond acceptors (Lipinski definition) is 6. The van der Waals surface area contributed by atoms with E-state index in [1.807, 2.05) is 48.8 Å². The summed E-state index contributed by atoms with van der Waals surface area (Å²) in [6.45, 7) is 1.87. The fraction of sp³-hybridized carbons (Fsp3) is 0.250. The van der Waals surface area contributed by atoms with Gasteiger partial charge in [0.15, 0.2) is 0 Å². The molecule has 2 aromatic heterocycles. The molecule has 6 rings (SSSR count). The van der Waals surface area contributed by atoms with Gasteiger partial charge < -0.3 is 9.09 Å². The fourth-order valence-corrected chi connectivity index (χ4v) is 6.31. The molecular formula is C28H27N5O3S. The molecule has 1 fully saturated rings. The van der Waals surface area contributed by atoms with Crippen LogP contribution in [0.1, 0.15) is 36.3 Å². The quantitative estimate of drug-likeness (QED) is 0.307. The second kappa shape index (κ2) is 9.91. The second-order valence-corrected chi connectivity index (χ2v) is 11.3. The van der Waals surface area contributed by atoms with Crippen LogP contribution in [0.3, 0.4) is 0 Å². The lowest BCUT2D eigenvalue weighted by Gasteiger charge is -2.25. The molecule has 8 nitrogen and oxygen atoms in total. The first-order chi connectivity index (χ1) is 18.1. The Hall–Kier alpha value is -3.82. The van der Waals surface area contributed by atoms with Gasteiger partial charge in [-0.05, 0) is 54.3 Å². The zero-order chi connectivity index (χ0) is 25.2. The van der Waals surface area contributed by atoms with Gasteiger partial charge in [0, 0.05) is 25.2 Å². The summed E-state index contributed by atoms with van der Waals surface area (Å²) < 4.78 is 35.0. The van der Waals surface area contributed by atoms with Crippen molar-refractivity contribution in [2.24, 2.45) is 0 Å². The molecule has 0 unspecified atom stereocenters. The Morgan fingerprint density at radius 1 is 0.865 bits per heavy atom. The molecule has 0 atom stereocenters. The van der Waals surface area contributed by atoms with Crippen LogP contribution in [-0.4, -0.2) is 45.5 Å². The van der Waals surface area contributed by atoms with Crippen molar-refractivity contribution in [3.63, 3.8) is 0 Å².